The first kappa shape index (κ1) is 13.7. The van der Waals surface area contributed by atoms with Gasteiger partial charge in [-0.1, -0.05) is 0 Å². The van der Waals surface area contributed by atoms with Crippen LogP contribution in [0.5, 0.6) is 0 Å². The number of hydrogen-bond acceptors (Lipinski definition) is 1. The molecule has 0 radical (unpaired) electrons. The molecule has 86 valence electrons. The highest BCUT2D eigenvalue weighted by molar-refractivity contribution is 7.81. The largest absolute Gasteiger partial charge is 0.438 e. The van der Waals surface area contributed by atoms with Crippen molar-refractivity contribution >= 4 is 12.6 Å². The molecule has 0 N–H and O–H groups in total. The van der Waals surface area contributed by atoms with E-state index >= 15 is 0 Å². The molecule has 0 spiro atoms. The van der Waals surface area contributed by atoms with Gasteiger partial charge in [-0.2, -0.15) is 35.1 Å². The molecule has 0 atom stereocenters. The molecule has 0 saturated carbocycles. The van der Waals surface area contributed by atoms with E-state index in [1.807, 2.05) is 0 Å². The zero-order valence-corrected chi connectivity index (χ0v) is 6.74. The van der Waals surface area contributed by atoms with Crippen molar-refractivity contribution in [2.75, 3.05) is 0 Å². The third-order valence-corrected chi connectivity index (χ3v) is 1.50. The van der Waals surface area contributed by atoms with Crippen molar-refractivity contribution in [3.8, 4) is 0 Å². The summed E-state index contributed by atoms with van der Waals surface area (Å²) in [5.74, 6) is 0. The van der Waals surface area contributed by atoms with Crippen molar-refractivity contribution in [3.05, 3.63) is 0 Å². The van der Waals surface area contributed by atoms with Crippen LogP contribution in [0.2, 0.25) is 0 Å². The number of thiol groups is 1. The first-order chi connectivity index (χ1) is 5.75. The molecular formula is C4HF9S. The zero-order chi connectivity index (χ0) is 12.0. The molecule has 0 heterocycles. The average molecular weight is 252 g/mol. The second kappa shape index (κ2) is 3.11. The summed E-state index contributed by atoms with van der Waals surface area (Å²) in [6.45, 7) is 0. The van der Waals surface area contributed by atoms with Gasteiger partial charge < -0.3 is 0 Å². The molecular weight excluding hydrogens is 251 g/mol. The lowest BCUT2D eigenvalue weighted by Gasteiger charge is -2.33. The molecule has 0 aromatic rings. The Morgan fingerprint density at radius 2 is 0.786 bits per heavy atom. The Morgan fingerprint density at radius 3 is 0.786 bits per heavy atom. The van der Waals surface area contributed by atoms with E-state index in [9.17, 15) is 39.5 Å². The van der Waals surface area contributed by atoms with Crippen LogP contribution in [-0.2, 0) is 0 Å². The molecule has 0 aromatic carbocycles. The van der Waals surface area contributed by atoms with Crippen LogP contribution >= 0.6 is 12.6 Å². The summed E-state index contributed by atoms with van der Waals surface area (Å²) < 4.78 is 105. The second-order valence-corrected chi connectivity index (χ2v) is 2.76. The van der Waals surface area contributed by atoms with Gasteiger partial charge in [0.2, 0.25) is 0 Å². The van der Waals surface area contributed by atoms with Crippen LogP contribution in [-0.4, -0.2) is 23.3 Å². The average Bonchev–Trinajstić information content (AvgIpc) is 1.77. The molecule has 0 rings (SSSR count). The molecule has 14 heavy (non-hydrogen) atoms. The van der Waals surface area contributed by atoms with Crippen molar-refractivity contribution in [2.45, 2.75) is 23.3 Å². The Labute approximate surface area is 76.5 Å². The number of rotatable bonds is 1. The Hall–Kier alpha value is -0.280. The molecule has 0 bridgehead atoms. The maximum Gasteiger partial charge on any atom is 0.438 e. The van der Waals surface area contributed by atoms with Crippen LogP contribution in [0.4, 0.5) is 39.5 Å². The summed E-state index contributed by atoms with van der Waals surface area (Å²) in [6, 6.07) is 0. The van der Waals surface area contributed by atoms with Gasteiger partial charge in [0.25, 0.3) is 0 Å². The molecule has 0 aromatic heterocycles. The van der Waals surface area contributed by atoms with E-state index in [4.69, 9.17) is 0 Å². The van der Waals surface area contributed by atoms with Gasteiger partial charge in [-0.3, -0.25) is 0 Å². The predicted molar refractivity (Wildman–Crippen MR) is 29.9 cm³/mol. The van der Waals surface area contributed by atoms with Gasteiger partial charge in [-0.05, 0) is 0 Å². The van der Waals surface area contributed by atoms with Crippen molar-refractivity contribution in [3.63, 3.8) is 0 Å². The maximum atomic E-state index is 12.2. The van der Waals surface area contributed by atoms with Crippen molar-refractivity contribution < 1.29 is 39.5 Å². The smallest absolute Gasteiger partial charge is 0.215 e. The van der Waals surface area contributed by atoms with Crippen LogP contribution in [0, 0.1) is 0 Å². The molecule has 0 fully saturated rings. The van der Waals surface area contributed by atoms with Gasteiger partial charge in [-0.25, -0.2) is 4.39 Å². The molecule has 0 aliphatic heterocycles. The molecule has 0 aliphatic rings. The normalized spacial score (nSPS) is 15.9. The second-order valence-electron chi connectivity index (χ2n) is 2.20. The fourth-order valence-corrected chi connectivity index (χ4v) is 0.755. The molecule has 0 amide bonds. The Kier molecular flexibility index (Phi) is 3.04. The Balaban J connectivity index is 5.54. The van der Waals surface area contributed by atoms with Gasteiger partial charge in [0.1, 0.15) is 0 Å². The quantitative estimate of drug-likeness (QED) is 0.537. The van der Waals surface area contributed by atoms with Crippen LogP contribution in [0.15, 0.2) is 0 Å². The third-order valence-electron chi connectivity index (χ3n) is 1.20. The van der Waals surface area contributed by atoms with E-state index in [1.54, 1.807) is 12.6 Å². The molecule has 0 unspecified atom stereocenters. The van der Waals surface area contributed by atoms with Gasteiger partial charge in [0.15, 0.2) is 0 Å². The maximum absolute atomic E-state index is 12.2. The standard InChI is InChI=1S/C4HF9S/c5-1(2(6,7)8,3(9,10)11)4(12,13)14/h14H. The van der Waals surface area contributed by atoms with E-state index in [-0.39, 0.29) is 0 Å². The first-order valence-electron chi connectivity index (χ1n) is 2.67. The van der Waals surface area contributed by atoms with Crippen LogP contribution in [0.1, 0.15) is 0 Å². The van der Waals surface area contributed by atoms with Crippen LogP contribution in [0.3, 0.4) is 0 Å². The summed E-state index contributed by atoms with van der Waals surface area (Å²) in [4.78, 5) is 0. The lowest BCUT2D eigenvalue weighted by atomic mass is 10.1. The summed E-state index contributed by atoms with van der Waals surface area (Å²) >= 11 is 1.67. The third kappa shape index (κ3) is 1.89. The first-order valence-corrected chi connectivity index (χ1v) is 3.12. The van der Waals surface area contributed by atoms with E-state index in [0.717, 1.165) is 0 Å². The van der Waals surface area contributed by atoms with Gasteiger partial charge in [-0.15, -0.1) is 12.6 Å². The summed E-state index contributed by atoms with van der Waals surface area (Å²) in [5.41, 5.74) is -6.66. The number of alkyl halides is 9. The fraction of sp³-hybridized carbons (Fsp3) is 1.00. The monoisotopic (exact) mass is 252 g/mol. The molecule has 0 aliphatic carbocycles. The summed E-state index contributed by atoms with van der Waals surface area (Å²) in [5, 5.41) is -5.90. The molecule has 0 saturated heterocycles. The van der Waals surface area contributed by atoms with E-state index in [0.29, 0.717) is 0 Å². The lowest BCUT2D eigenvalue weighted by molar-refractivity contribution is -0.377. The highest BCUT2D eigenvalue weighted by Crippen LogP contribution is 2.55. The molecule has 10 heteroatoms. The number of hydrogen-bond donors (Lipinski definition) is 1. The fourth-order valence-electron chi connectivity index (χ4n) is 0.502. The summed E-state index contributed by atoms with van der Waals surface area (Å²) in [7, 11) is 0. The Morgan fingerprint density at radius 1 is 0.571 bits per heavy atom. The van der Waals surface area contributed by atoms with Gasteiger partial charge >= 0.3 is 23.3 Å². The predicted octanol–water partition coefficient (Wildman–Crippen LogP) is 3.34. The lowest BCUT2D eigenvalue weighted by Crippen LogP contribution is -2.62. The minimum Gasteiger partial charge on any atom is -0.215 e. The van der Waals surface area contributed by atoms with Gasteiger partial charge in [0, 0.05) is 0 Å². The Bertz CT molecular complexity index is 170. The summed E-state index contributed by atoms with van der Waals surface area (Å²) in [6.07, 6.45) is -13.6. The zero-order valence-electron chi connectivity index (χ0n) is 5.85. The van der Waals surface area contributed by atoms with E-state index in [2.05, 4.69) is 0 Å². The SMILES string of the molecule is FC(F)(F)C(F)(C(F)(F)F)C(F)(F)S. The van der Waals surface area contributed by atoms with E-state index in [1.165, 1.54) is 0 Å². The van der Waals surface area contributed by atoms with Crippen molar-refractivity contribution in [2.24, 2.45) is 0 Å². The highest BCUT2D eigenvalue weighted by Gasteiger charge is 2.83. The van der Waals surface area contributed by atoms with Crippen LogP contribution in [0.25, 0.3) is 0 Å². The van der Waals surface area contributed by atoms with Crippen LogP contribution < -0.4 is 0 Å². The molecule has 0 nitrogen and oxygen atoms in total. The van der Waals surface area contributed by atoms with E-state index < -0.39 is 23.3 Å². The minimum atomic E-state index is -6.80. The minimum absolute atomic E-state index is 1.67. The van der Waals surface area contributed by atoms with Crippen molar-refractivity contribution in [1.82, 2.24) is 0 Å². The van der Waals surface area contributed by atoms with Crippen molar-refractivity contribution in [1.29, 1.82) is 0 Å². The topological polar surface area (TPSA) is 0 Å². The number of halogens is 9. The van der Waals surface area contributed by atoms with Gasteiger partial charge in [0.05, 0.1) is 0 Å². The highest BCUT2D eigenvalue weighted by atomic mass is 32.1.